The first-order valence-electron chi connectivity index (χ1n) is 8.08. The minimum atomic E-state index is -0.533. The molecule has 7 heteroatoms. The average molecular weight is 353 g/mol. The lowest BCUT2D eigenvalue weighted by Crippen LogP contribution is -2.53. The Morgan fingerprint density at radius 2 is 1.96 bits per heavy atom. The number of hydrogen-bond acceptors (Lipinski definition) is 4. The lowest BCUT2D eigenvalue weighted by Gasteiger charge is -2.33. The first kappa shape index (κ1) is 18.4. The summed E-state index contributed by atoms with van der Waals surface area (Å²) in [6.07, 6.45) is 0.934. The van der Waals surface area contributed by atoms with Gasteiger partial charge in [0, 0.05) is 19.8 Å². The monoisotopic (exact) mass is 352 g/mol. The third kappa shape index (κ3) is 3.93. The Labute approximate surface area is 147 Å². The molecule has 2 amide bonds. The van der Waals surface area contributed by atoms with Crippen LogP contribution in [0.2, 0.25) is 5.02 Å². The minimum absolute atomic E-state index is 0.292. The molecule has 0 saturated carbocycles. The van der Waals surface area contributed by atoms with E-state index in [0.717, 1.165) is 12.1 Å². The van der Waals surface area contributed by atoms with Gasteiger partial charge in [-0.05, 0) is 24.5 Å². The summed E-state index contributed by atoms with van der Waals surface area (Å²) in [6, 6.07) is 3.60. The Kier molecular flexibility index (Phi) is 5.59. The van der Waals surface area contributed by atoms with Crippen LogP contribution in [-0.4, -0.2) is 32.1 Å². The highest BCUT2D eigenvalue weighted by Crippen LogP contribution is 2.34. The molecule has 0 radical (unpaired) electrons. The van der Waals surface area contributed by atoms with Gasteiger partial charge in [0.1, 0.15) is 6.17 Å². The van der Waals surface area contributed by atoms with E-state index in [4.69, 9.17) is 17.3 Å². The number of nitrogens with two attached hydrogens (primary N) is 1. The standard InChI is InChI=1S/C17H25ClN4O2/c1-9(2)5-6-11(15(19)23)16-20-13-8-10(22(3)4)7-12(18)14(13)17(24)21-16/h7-9,11,16,20H,5-6H2,1-4H3,(H2,19,23)(H,21,24). The van der Waals surface area contributed by atoms with Crippen LogP contribution in [-0.2, 0) is 4.79 Å². The lowest BCUT2D eigenvalue weighted by molar-refractivity contribution is -0.122. The van der Waals surface area contributed by atoms with Crippen LogP contribution in [0, 0.1) is 11.8 Å². The number of benzene rings is 1. The molecule has 0 aliphatic carbocycles. The van der Waals surface area contributed by atoms with Gasteiger partial charge in [-0.2, -0.15) is 0 Å². The van der Waals surface area contributed by atoms with Gasteiger partial charge in [-0.25, -0.2) is 0 Å². The van der Waals surface area contributed by atoms with Gasteiger partial charge < -0.3 is 21.3 Å². The van der Waals surface area contributed by atoms with Crippen LogP contribution in [0.1, 0.15) is 37.0 Å². The van der Waals surface area contributed by atoms with Crippen LogP contribution in [0.4, 0.5) is 11.4 Å². The summed E-state index contributed by atoms with van der Waals surface area (Å²) in [4.78, 5) is 26.2. The summed E-state index contributed by atoms with van der Waals surface area (Å²) in [5, 5.41) is 6.42. The number of nitrogens with zero attached hydrogens (tertiary/aromatic N) is 1. The molecule has 1 aliphatic heterocycles. The molecule has 2 rings (SSSR count). The molecule has 4 N–H and O–H groups in total. The third-order valence-electron chi connectivity index (χ3n) is 4.24. The predicted octanol–water partition coefficient (Wildman–Crippen LogP) is 2.43. The molecule has 1 aromatic carbocycles. The molecule has 1 heterocycles. The molecule has 0 fully saturated rings. The molecule has 24 heavy (non-hydrogen) atoms. The van der Waals surface area contributed by atoms with E-state index in [9.17, 15) is 9.59 Å². The Bertz CT molecular complexity index is 646. The zero-order valence-electron chi connectivity index (χ0n) is 14.5. The van der Waals surface area contributed by atoms with Crippen LogP contribution >= 0.6 is 11.6 Å². The van der Waals surface area contributed by atoms with E-state index >= 15 is 0 Å². The van der Waals surface area contributed by atoms with Crippen molar-refractivity contribution in [2.75, 3.05) is 24.3 Å². The maximum Gasteiger partial charge on any atom is 0.256 e. The summed E-state index contributed by atoms with van der Waals surface area (Å²) in [6.45, 7) is 4.17. The fourth-order valence-electron chi connectivity index (χ4n) is 2.80. The number of amides is 2. The van der Waals surface area contributed by atoms with Crippen molar-refractivity contribution >= 4 is 34.8 Å². The van der Waals surface area contributed by atoms with Crippen LogP contribution in [0.25, 0.3) is 0 Å². The van der Waals surface area contributed by atoms with Gasteiger partial charge in [0.15, 0.2) is 0 Å². The number of fused-ring (bicyclic) bond motifs is 1. The van der Waals surface area contributed by atoms with Gasteiger partial charge >= 0.3 is 0 Å². The largest absolute Gasteiger partial charge is 0.378 e. The Hall–Kier alpha value is -1.95. The normalized spacial score (nSPS) is 17.8. The second-order valence-corrected chi connectivity index (χ2v) is 7.23. The molecule has 0 bridgehead atoms. The molecule has 2 unspecified atom stereocenters. The van der Waals surface area contributed by atoms with Crippen LogP contribution in [0.5, 0.6) is 0 Å². The highest BCUT2D eigenvalue weighted by atomic mass is 35.5. The molecule has 132 valence electrons. The van der Waals surface area contributed by atoms with Crippen molar-refractivity contribution in [2.45, 2.75) is 32.9 Å². The number of hydrogen-bond donors (Lipinski definition) is 3. The molecule has 1 aliphatic rings. The zero-order valence-corrected chi connectivity index (χ0v) is 15.3. The second kappa shape index (κ2) is 7.30. The summed E-state index contributed by atoms with van der Waals surface area (Å²) < 4.78 is 0. The number of anilines is 2. The fraction of sp³-hybridized carbons (Fsp3) is 0.529. The molecule has 0 saturated heterocycles. The quantitative estimate of drug-likeness (QED) is 0.733. The number of carbonyl (C=O) groups excluding carboxylic acids is 2. The molecule has 1 aromatic rings. The van der Waals surface area contributed by atoms with Crippen molar-refractivity contribution in [1.29, 1.82) is 0 Å². The van der Waals surface area contributed by atoms with Gasteiger partial charge in [0.2, 0.25) is 5.91 Å². The van der Waals surface area contributed by atoms with Gasteiger partial charge in [-0.1, -0.05) is 31.9 Å². The first-order chi connectivity index (χ1) is 11.2. The van der Waals surface area contributed by atoms with Crippen molar-refractivity contribution in [3.8, 4) is 0 Å². The summed E-state index contributed by atoms with van der Waals surface area (Å²) in [7, 11) is 3.79. The minimum Gasteiger partial charge on any atom is -0.378 e. The van der Waals surface area contributed by atoms with Crippen molar-refractivity contribution in [3.63, 3.8) is 0 Å². The van der Waals surface area contributed by atoms with E-state index in [1.165, 1.54) is 0 Å². The maximum atomic E-state index is 12.5. The number of primary amides is 1. The van der Waals surface area contributed by atoms with E-state index < -0.39 is 18.0 Å². The van der Waals surface area contributed by atoms with Gasteiger partial charge in [-0.15, -0.1) is 0 Å². The molecular weight excluding hydrogens is 328 g/mol. The van der Waals surface area contributed by atoms with E-state index in [-0.39, 0.29) is 5.91 Å². The van der Waals surface area contributed by atoms with E-state index in [1.807, 2.05) is 25.1 Å². The molecule has 0 spiro atoms. The van der Waals surface area contributed by atoms with Crippen molar-refractivity contribution in [2.24, 2.45) is 17.6 Å². The van der Waals surface area contributed by atoms with Gasteiger partial charge in [-0.3, -0.25) is 9.59 Å². The van der Waals surface area contributed by atoms with Crippen LogP contribution in [0.3, 0.4) is 0 Å². The number of rotatable bonds is 6. The smallest absolute Gasteiger partial charge is 0.256 e. The topological polar surface area (TPSA) is 87.5 Å². The fourth-order valence-corrected chi connectivity index (χ4v) is 3.10. The van der Waals surface area contributed by atoms with Crippen molar-refractivity contribution < 1.29 is 9.59 Å². The summed E-state index contributed by atoms with van der Waals surface area (Å²) in [5.41, 5.74) is 7.45. The van der Waals surface area contributed by atoms with Crippen LogP contribution in [0.15, 0.2) is 12.1 Å². The maximum absolute atomic E-state index is 12.5. The zero-order chi connectivity index (χ0) is 18.0. The molecule has 6 nitrogen and oxygen atoms in total. The van der Waals surface area contributed by atoms with Gasteiger partial charge in [0.25, 0.3) is 5.91 Å². The van der Waals surface area contributed by atoms with Crippen molar-refractivity contribution in [3.05, 3.63) is 22.7 Å². The first-order valence-corrected chi connectivity index (χ1v) is 8.46. The molecule has 2 atom stereocenters. The van der Waals surface area contributed by atoms with E-state index in [2.05, 4.69) is 24.5 Å². The Morgan fingerprint density at radius 1 is 1.29 bits per heavy atom. The highest BCUT2D eigenvalue weighted by Gasteiger charge is 2.34. The van der Waals surface area contributed by atoms with Crippen molar-refractivity contribution in [1.82, 2.24) is 5.32 Å². The highest BCUT2D eigenvalue weighted by molar-refractivity contribution is 6.35. The van der Waals surface area contributed by atoms with Crippen LogP contribution < -0.4 is 21.3 Å². The molecular formula is C17H25ClN4O2. The predicted molar refractivity (Wildman–Crippen MR) is 97.4 cm³/mol. The third-order valence-corrected chi connectivity index (χ3v) is 4.54. The lowest BCUT2D eigenvalue weighted by atomic mass is 9.92. The number of nitrogens with one attached hydrogen (secondary N) is 2. The Morgan fingerprint density at radius 3 is 2.50 bits per heavy atom. The summed E-state index contributed by atoms with van der Waals surface area (Å²) in [5.74, 6) is -0.744. The van der Waals surface area contributed by atoms with E-state index in [0.29, 0.717) is 28.6 Å². The van der Waals surface area contributed by atoms with E-state index in [1.54, 1.807) is 6.07 Å². The Balaban J connectivity index is 2.32. The SMILES string of the molecule is CC(C)CCC(C(N)=O)C1NC(=O)c2c(Cl)cc(N(C)C)cc2N1. The summed E-state index contributed by atoms with van der Waals surface area (Å²) >= 11 is 6.26. The second-order valence-electron chi connectivity index (χ2n) is 6.82. The number of carbonyl (C=O) groups is 2. The number of halogens is 1. The average Bonchev–Trinajstić information content (AvgIpc) is 2.45. The molecule has 0 aromatic heterocycles. The van der Waals surface area contributed by atoms with Gasteiger partial charge in [0.05, 0.1) is 22.2 Å².